The monoisotopic (exact) mass is 387 g/mol. The van der Waals surface area contributed by atoms with Crippen LogP contribution in [0.3, 0.4) is 0 Å². The van der Waals surface area contributed by atoms with Gasteiger partial charge in [-0.3, -0.25) is 4.90 Å². The fourth-order valence-electron chi connectivity index (χ4n) is 7.15. The van der Waals surface area contributed by atoms with Crippen LogP contribution in [0.25, 0.3) is 0 Å². The molecular weight excluding hydrogens is 362 g/mol. The molecular formula is C21H25NO6. The van der Waals surface area contributed by atoms with Crippen molar-refractivity contribution in [3.63, 3.8) is 0 Å². The zero-order chi connectivity index (χ0) is 19.4. The quantitative estimate of drug-likeness (QED) is 0.580. The van der Waals surface area contributed by atoms with Crippen molar-refractivity contribution >= 4 is 5.97 Å². The molecule has 150 valence electrons. The van der Waals surface area contributed by atoms with E-state index in [1.165, 1.54) is 0 Å². The number of rotatable bonds is 3. The number of nitrogens with zero attached hydrogens (tertiary/aromatic N) is 1. The summed E-state index contributed by atoms with van der Waals surface area (Å²) in [4.78, 5) is 14.7. The van der Waals surface area contributed by atoms with Gasteiger partial charge in [0.1, 0.15) is 5.76 Å². The first kappa shape index (κ1) is 17.1. The molecule has 6 heterocycles. The van der Waals surface area contributed by atoms with Crippen molar-refractivity contribution in [2.45, 2.75) is 50.2 Å². The van der Waals surface area contributed by atoms with Crippen molar-refractivity contribution in [1.82, 2.24) is 4.90 Å². The van der Waals surface area contributed by atoms with Crippen molar-refractivity contribution in [2.24, 2.45) is 17.8 Å². The predicted octanol–water partition coefficient (Wildman–Crippen LogP) is 1.45. The van der Waals surface area contributed by atoms with Crippen LogP contribution >= 0.6 is 0 Å². The Morgan fingerprint density at radius 1 is 1.43 bits per heavy atom. The van der Waals surface area contributed by atoms with Crippen molar-refractivity contribution in [3.8, 4) is 0 Å². The Balaban J connectivity index is 1.49. The van der Waals surface area contributed by atoms with E-state index in [9.17, 15) is 9.90 Å². The zero-order valence-corrected chi connectivity index (χ0v) is 16.3. The van der Waals surface area contributed by atoms with E-state index in [2.05, 4.69) is 17.9 Å². The maximum absolute atomic E-state index is 12.1. The van der Waals surface area contributed by atoms with Gasteiger partial charge in [0.15, 0.2) is 5.76 Å². The minimum Gasteiger partial charge on any atom is -0.492 e. The first-order valence-corrected chi connectivity index (χ1v) is 10.1. The SMILES string of the molecule is COC1=C(C)C(=O)O/C1=C1\O[C@@]23OC4CC(C2[C@H]1C)N1CCC3C41/C=C/CO. The maximum Gasteiger partial charge on any atom is 0.343 e. The molecule has 1 N–H and O–H groups in total. The summed E-state index contributed by atoms with van der Waals surface area (Å²) in [6.07, 6.45) is 6.04. The number of hydrogen-bond acceptors (Lipinski definition) is 7. The molecule has 0 aromatic rings. The number of cyclic esters (lactones) is 1. The minimum atomic E-state index is -0.691. The van der Waals surface area contributed by atoms with Gasteiger partial charge in [0.25, 0.3) is 0 Å². The number of ether oxygens (including phenoxy) is 4. The van der Waals surface area contributed by atoms with Gasteiger partial charge in [-0.1, -0.05) is 19.1 Å². The summed E-state index contributed by atoms with van der Waals surface area (Å²) in [5.74, 6) is 0.924. The molecule has 6 unspecified atom stereocenters. The zero-order valence-electron chi connectivity index (χ0n) is 16.3. The summed E-state index contributed by atoms with van der Waals surface area (Å²) >= 11 is 0. The molecule has 28 heavy (non-hydrogen) atoms. The summed E-state index contributed by atoms with van der Waals surface area (Å²) in [6, 6.07) is 0.363. The van der Waals surface area contributed by atoms with Gasteiger partial charge in [0.05, 0.1) is 42.8 Å². The molecule has 5 bridgehead atoms. The van der Waals surface area contributed by atoms with Crippen LogP contribution in [0.1, 0.15) is 26.7 Å². The highest BCUT2D eigenvalue weighted by Gasteiger charge is 2.83. The molecule has 7 heteroatoms. The van der Waals surface area contributed by atoms with Gasteiger partial charge < -0.3 is 24.1 Å². The number of fused-ring (bicyclic) bond motifs is 1. The summed E-state index contributed by atoms with van der Waals surface area (Å²) < 4.78 is 24.3. The van der Waals surface area contributed by atoms with Gasteiger partial charge in [0.2, 0.25) is 11.5 Å². The second-order valence-electron chi connectivity index (χ2n) is 8.80. The molecule has 5 fully saturated rings. The fourth-order valence-corrected chi connectivity index (χ4v) is 7.15. The number of carbonyl (C=O) groups excluding carboxylic acids is 1. The van der Waals surface area contributed by atoms with E-state index >= 15 is 0 Å². The molecule has 6 aliphatic heterocycles. The van der Waals surface area contributed by atoms with Crippen molar-refractivity contribution in [1.29, 1.82) is 0 Å². The summed E-state index contributed by atoms with van der Waals surface area (Å²) in [7, 11) is 1.55. The fraction of sp³-hybridized carbons (Fsp3) is 0.667. The molecule has 1 spiro atoms. The lowest BCUT2D eigenvalue weighted by atomic mass is 9.71. The Kier molecular flexibility index (Phi) is 3.17. The summed E-state index contributed by atoms with van der Waals surface area (Å²) in [5, 5.41) is 9.38. The van der Waals surface area contributed by atoms with Crippen molar-refractivity contribution in [3.05, 3.63) is 35.0 Å². The lowest BCUT2D eigenvalue weighted by Crippen LogP contribution is -2.60. The van der Waals surface area contributed by atoms with Crippen LogP contribution in [-0.4, -0.2) is 59.7 Å². The van der Waals surface area contributed by atoms with E-state index in [1.54, 1.807) is 14.0 Å². The van der Waals surface area contributed by atoms with Crippen LogP contribution in [0.15, 0.2) is 35.0 Å². The Morgan fingerprint density at radius 3 is 3.00 bits per heavy atom. The van der Waals surface area contributed by atoms with Gasteiger partial charge in [-0.15, -0.1) is 0 Å². The predicted molar refractivity (Wildman–Crippen MR) is 96.3 cm³/mol. The van der Waals surface area contributed by atoms with Gasteiger partial charge in [0, 0.05) is 18.5 Å². The van der Waals surface area contributed by atoms with Crippen molar-refractivity contribution in [2.75, 3.05) is 20.3 Å². The summed E-state index contributed by atoms with van der Waals surface area (Å²) in [5.41, 5.74) is 0.279. The Bertz CT molecular complexity index is 876. The molecule has 0 aliphatic carbocycles. The Morgan fingerprint density at radius 2 is 2.25 bits per heavy atom. The Hall–Kier alpha value is -1.83. The standard InChI is InChI=1S/C21H25NO6/c1-10-15-12-9-14-20(6-4-8-23)13(5-7-22(12)20)21(15,27-14)28-17(10)18-16(25-3)11(2)19(24)26-18/h4,6,10,12-15,23H,5,7-9H2,1-3H3/b6-4+,18-17-/t10-,12?,13?,14?,15?,20?,21-/m1/s1. The van der Waals surface area contributed by atoms with Crippen LogP contribution in [0, 0.1) is 17.8 Å². The molecule has 0 saturated carbocycles. The molecule has 8 atom stereocenters. The highest BCUT2D eigenvalue weighted by molar-refractivity contribution is 5.93. The normalized spacial score (nSPS) is 52.8. The van der Waals surface area contributed by atoms with Gasteiger partial charge in [-0.2, -0.15) is 0 Å². The molecule has 7 nitrogen and oxygen atoms in total. The molecule has 6 rings (SSSR count). The van der Waals surface area contributed by atoms with Gasteiger partial charge in [-0.05, 0) is 19.8 Å². The molecule has 0 amide bonds. The lowest BCUT2D eigenvalue weighted by molar-refractivity contribution is -0.255. The maximum atomic E-state index is 12.1. The van der Waals surface area contributed by atoms with Crippen LogP contribution in [0.2, 0.25) is 0 Å². The number of esters is 1. The third-order valence-electron chi connectivity index (χ3n) is 7.96. The average Bonchev–Trinajstić information content (AvgIpc) is 3.38. The first-order valence-electron chi connectivity index (χ1n) is 10.1. The highest BCUT2D eigenvalue weighted by Crippen LogP contribution is 2.72. The Labute approximate surface area is 163 Å². The molecule has 0 aromatic carbocycles. The summed E-state index contributed by atoms with van der Waals surface area (Å²) in [6.45, 7) is 4.91. The van der Waals surface area contributed by atoms with E-state index in [1.807, 2.05) is 6.08 Å². The number of allylic oxidation sites excluding steroid dienone is 1. The first-order chi connectivity index (χ1) is 13.5. The largest absolute Gasteiger partial charge is 0.492 e. The number of carbonyl (C=O) groups is 1. The third-order valence-corrected chi connectivity index (χ3v) is 7.96. The molecule has 0 aromatic heterocycles. The number of hydrogen-bond donors (Lipinski definition) is 1. The van der Waals surface area contributed by atoms with E-state index < -0.39 is 5.79 Å². The van der Waals surface area contributed by atoms with E-state index in [-0.39, 0.29) is 42.0 Å². The number of aliphatic hydroxyl groups excluding tert-OH is 1. The van der Waals surface area contributed by atoms with Crippen LogP contribution in [0.5, 0.6) is 0 Å². The van der Waals surface area contributed by atoms with E-state index in [0.29, 0.717) is 28.9 Å². The van der Waals surface area contributed by atoms with Gasteiger partial charge >= 0.3 is 5.97 Å². The third kappa shape index (κ3) is 1.60. The van der Waals surface area contributed by atoms with E-state index in [4.69, 9.17) is 18.9 Å². The number of piperidine rings is 1. The van der Waals surface area contributed by atoms with Crippen LogP contribution in [-0.2, 0) is 23.7 Å². The molecule has 5 saturated heterocycles. The average molecular weight is 387 g/mol. The molecule has 6 aliphatic rings. The molecule has 0 radical (unpaired) electrons. The van der Waals surface area contributed by atoms with Crippen molar-refractivity contribution < 1.29 is 28.8 Å². The minimum absolute atomic E-state index is 0.0277. The van der Waals surface area contributed by atoms with Gasteiger partial charge in [-0.25, -0.2) is 4.79 Å². The smallest absolute Gasteiger partial charge is 0.343 e. The second-order valence-corrected chi connectivity index (χ2v) is 8.80. The van der Waals surface area contributed by atoms with Crippen LogP contribution in [0.4, 0.5) is 0 Å². The lowest BCUT2D eigenvalue weighted by Gasteiger charge is -2.47. The van der Waals surface area contributed by atoms with E-state index in [0.717, 1.165) is 19.4 Å². The topological polar surface area (TPSA) is 77.5 Å². The number of methoxy groups -OCH3 is 1. The number of aliphatic hydroxyl groups is 1. The van der Waals surface area contributed by atoms with Crippen LogP contribution < -0.4 is 0 Å². The highest BCUT2D eigenvalue weighted by atomic mass is 16.7. The second kappa shape index (κ2) is 5.20.